The molecule has 1 saturated carbocycles. The maximum atomic E-state index is 15.4. The van der Waals surface area contributed by atoms with Crippen LogP contribution in [0.4, 0.5) is 24.7 Å². The molecular formula is C40H30BrCl2F3N4O6. The van der Waals surface area contributed by atoms with Gasteiger partial charge < -0.3 is 9.84 Å². The van der Waals surface area contributed by atoms with E-state index in [9.17, 15) is 32.7 Å². The molecule has 3 fully saturated rings. The van der Waals surface area contributed by atoms with E-state index in [0.717, 1.165) is 9.48 Å². The Kier molecular flexibility index (Phi) is 9.44. The van der Waals surface area contributed by atoms with Gasteiger partial charge in [0.25, 0.3) is 11.8 Å². The van der Waals surface area contributed by atoms with Gasteiger partial charge in [-0.1, -0.05) is 69.0 Å². The molecule has 4 aliphatic rings. The Morgan fingerprint density at radius 3 is 2.34 bits per heavy atom. The Morgan fingerprint density at radius 2 is 1.68 bits per heavy atom. The molecular weight excluding hydrogens is 840 g/mol. The number of hydrogen-bond donors (Lipinski definition) is 2. The van der Waals surface area contributed by atoms with Crippen molar-refractivity contribution in [3.63, 3.8) is 0 Å². The number of fused-ring (bicyclic) bond motifs is 4. The minimum absolute atomic E-state index is 0.0490. The van der Waals surface area contributed by atoms with Crippen LogP contribution in [-0.4, -0.2) is 45.3 Å². The fourth-order valence-corrected chi connectivity index (χ4v) is 9.58. The summed E-state index contributed by atoms with van der Waals surface area (Å²) in [5, 5.41) is 11.3. The van der Waals surface area contributed by atoms with Crippen molar-refractivity contribution in [1.29, 1.82) is 0 Å². The minimum atomic E-state index is -4.76. The van der Waals surface area contributed by atoms with Crippen molar-refractivity contribution in [1.82, 2.24) is 9.99 Å². The summed E-state index contributed by atoms with van der Waals surface area (Å²) in [6.45, 7) is 1.93. The van der Waals surface area contributed by atoms with E-state index in [-0.39, 0.29) is 42.7 Å². The normalized spacial score (nSPS) is 25.8. The number of benzene rings is 3. The zero-order valence-corrected chi connectivity index (χ0v) is 32.3. The van der Waals surface area contributed by atoms with Crippen LogP contribution < -0.4 is 15.1 Å². The predicted molar refractivity (Wildman–Crippen MR) is 203 cm³/mol. The maximum absolute atomic E-state index is 15.4. The first-order valence-electron chi connectivity index (χ1n) is 17.6. The van der Waals surface area contributed by atoms with Crippen LogP contribution in [0.25, 0.3) is 0 Å². The van der Waals surface area contributed by atoms with Gasteiger partial charge in [0.05, 0.1) is 46.0 Å². The number of hydrogen-bond acceptors (Lipinski definition) is 8. The van der Waals surface area contributed by atoms with Crippen molar-refractivity contribution in [2.75, 3.05) is 16.9 Å². The number of carbonyl (C=O) groups excluding carboxylic acids is 4. The summed E-state index contributed by atoms with van der Waals surface area (Å²) in [6, 6.07) is 18.5. The Bertz CT molecular complexity index is 2340. The summed E-state index contributed by atoms with van der Waals surface area (Å²) < 4.78 is 47.0. The van der Waals surface area contributed by atoms with Crippen LogP contribution in [0.2, 0.25) is 10.0 Å². The van der Waals surface area contributed by atoms with Crippen molar-refractivity contribution >= 4 is 74.3 Å². The number of phenolic OH excluding ortho intramolecular Hbond substituents is 1. The zero-order valence-electron chi connectivity index (χ0n) is 29.2. The molecule has 3 heterocycles. The number of aromatic nitrogens is 1. The number of nitrogens with one attached hydrogen (secondary N) is 1. The van der Waals surface area contributed by atoms with E-state index in [1.807, 2.05) is 6.08 Å². The number of halogens is 6. The highest BCUT2D eigenvalue weighted by molar-refractivity contribution is 9.10. The number of pyridine rings is 1. The highest BCUT2D eigenvalue weighted by Crippen LogP contribution is 2.64. The molecule has 4 aromatic rings. The first kappa shape index (κ1) is 38.0. The topological polar surface area (TPSA) is 129 Å². The van der Waals surface area contributed by atoms with Gasteiger partial charge in [-0.05, 0) is 91.4 Å². The Balaban J connectivity index is 1.32. The lowest BCUT2D eigenvalue weighted by Gasteiger charge is -2.50. The predicted octanol–water partition coefficient (Wildman–Crippen LogP) is 8.46. The molecule has 2 aliphatic heterocycles. The van der Waals surface area contributed by atoms with Crippen LogP contribution >= 0.6 is 39.1 Å². The van der Waals surface area contributed by atoms with Crippen molar-refractivity contribution < 1.29 is 42.2 Å². The van der Waals surface area contributed by atoms with E-state index in [4.69, 9.17) is 27.9 Å². The number of amides is 4. The number of ether oxygens (including phenoxy) is 1. The molecule has 16 heteroatoms. The lowest BCUT2D eigenvalue weighted by molar-refractivity contribution is -0.139. The van der Waals surface area contributed by atoms with Crippen LogP contribution in [0, 0.1) is 23.7 Å². The number of imide groups is 2. The average Bonchev–Trinajstić information content (AvgIpc) is 3.54. The molecule has 0 spiro atoms. The largest absolute Gasteiger partial charge is 0.504 e. The second-order valence-electron chi connectivity index (χ2n) is 14.1. The molecule has 3 aromatic carbocycles. The fraction of sp³-hybridized carbons (Fsp3) is 0.275. The first-order chi connectivity index (χ1) is 26.7. The second kappa shape index (κ2) is 13.9. The van der Waals surface area contributed by atoms with Crippen LogP contribution in [-0.2, 0) is 30.8 Å². The standard InChI is InChI=1S/C40H30BrCl2F3N4O6/c1-2-56-31-15-19(3-14-30(31)51)33-25-12-13-26-32(37(54)49(35(26)52)24-10-6-22(41)7-11-24)27(25)17-28-36(53)50(38(55)39(28,33)20-4-8-23(42)9-5-20)48-34-29(43)16-21(18-47-34)40(44,45)46/h3-12,14-16,18,26-28,32-33,51H,2,13,17H2,1H3,(H,47,48)/t26-,27+,28-,32-,33-,39+/m0/s1. The molecule has 288 valence electrons. The number of alkyl halides is 3. The van der Waals surface area contributed by atoms with Crippen molar-refractivity contribution in [2.24, 2.45) is 23.7 Å². The van der Waals surface area contributed by atoms with E-state index >= 15 is 4.79 Å². The molecule has 2 N–H and O–H groups in total. The molecule has 8 rings (SSSR count). The van der Waals surface area contributed by atoms with E-state index < -0.39 is 69.5 Å². The van der Waals surface area contributed by atoms with E-state index in [1.165, 1.54) is 11.0 Å². The molecule has 1 aromatic heterocycles. The van der Waals surface area contributed by atoms with Crippen LogP contribution in [0.3, 0.4) is 0 Å². The monoisotopic (exact) mass is 868 g/mol. The van der Waals surface area contributed by atoms with E-state index in [2.05, 4.69) is 26.3 Å². The quantitative estimate of drug-likeness (QED) is 0.140. The van der Waals surface area contributed by atoms with E-state index in [0.29, 0.717) is 39.7 Å². The summed E-state index contributed by atoms with van der Waals surface area (Å²) in [6.07, 6.45) is -2.23. The Hall–Kier alpha value is -4.92. The lowest BCUT2D eigenvalue weighted by Crippen LogP contribution is -2.53. The fourth-order valence-electron chi connectivity index (χ4n) is 8.98. The smallest absolute Gasteiger partial charge is 0.417 e. The number of rotatable bonds is 7. The van der Waals surface area contributed by atoms with Gasteiger partial charge in [0.2, 0.25) is 11.8 Å². The lowest BCUT2D eigenvalue weighted by atomic mass is 9.49. The van der Waals surface area contributed by atoms with Gasteiger partial charge in [0.15, 0.2) is 17.3 Å². The second-order valence-corrected chi connectivity index (χ2v) is 15.8. The minimum Gasteiger partial charge on any atom is -0.504 e. The third kappa shape index (κ3) is 5.87. The third-order valence-electron chi connectivity index (χ3n) is 11.3. The summed E-state index contributed by atoms with van der Waals surface area (Å²) in [5.74, 6) is -7.31. The molecule has 0 bridgehead atoms. The summed E-state index contributed by atoms with van der Waals surface area (Å²) in [5.41, 5.74) is 1.63. The zero-order chi connectivity index (χ0) is 39.8. The molecule has 56 heavy (non-hydrogen) atoms. The van der Waals surface area contributed by atoms with Gasteiger partial charge >= 0.3 is 6.18 Å². The SMILES string of the molecule is CCOc1cc([C@H]2C3=CC[C@@H]4C(=O)N(c5ccc(Br)cc5)C(=O)[C@@H]4[C@@H]3C[C@H]3C(=O)N(Nc4ncc(C(F)(F)F)cc4Cl)C(=O)[C@@]23c2ccc(Cl)cc2)ccc1O. The van der Waals surface area contributed by atoms with E-state index in [1.54, 1.807) is 67.6 Å². The summed E-state index contributed by atoms with van der Waals surface area (Å²) in [4.78, 5) is 63.8. The van der Waals surface area contributed by atoms with Crippen LogP contribution in [0.15, 0.2) is 95.1 Å². The van der Waals surface area contributed by atoms with Crippen LogP contribution in [0.1, 0.15) is 42.4 Å². The summed E-state index contributed by atoms with van der Waals surface area (Å²) >= 11 is 16.0. The van der Waals surface area contributed by atoms with Gasteiger partial charge in [-0.25, -0.2) is 4.98 Å². The number of nitrogens with zero attached hydrogens (tertiary/aromatic N) is 3. The Labute approximate surface area is 336 Å². The van der Waals surface area contributed by atoms with Crippen molar-refractivity contribution in [3.8, 4) is 11.5 Å². The highest BCUT2D eigenvalue weighted by atomic mass is 79.9. The van der Waals surface area contributed by atoms with Gasteiger partial charge in [-0.15, -0.1) is 0 Å². The number of anilines is 2. The van der Waals surface area contributed by atoms with Gasteiger partial charge in [0, 0.05) is 21.6 Å². The number of allylic oxidation sites excluding steroid dienone is 2. The van der Waals surface area contributed by atoms with Gasteiger partial charge in [0.1, 0.15) is 0 Å². The molecule has 10 nitrogen and oxygen atoms in total. The number of hydrazine groups is 1. The number of carbonyl (C=O) groups is 4. The van der Waals surface area contributed by atoms with Gasteiger partial charge in [-0.2, -0.15) is 18.2 Å². The first-order valence-corrected chi connectivity index (χ1v) is 19.1. The number of aromatic hydroxyl groups is 1. The maximum Gasteiger partial charge on any atom is 0.417 e. The molecule has 6 atom stereocenters. The molecule has 2 saturated heterocycles. The molecule has 2 aliphatic carbocycles. The summed E-state index contributed by atoms with van der Waals surface area (Å²) in [7, 11) is 0. The van der Waals surface area contributed by atoms with Crippen molar-refractivity contribution in [3.05, 3.63) is 122 Å². The number of phenols is 1. The third-order valence-corrected chi connectivity index (χ3v) is 12.3. The molecule has 4 amide bonds. The molecule has 0 radical (unpaired) electrons. The Morgan fingerprint density at radius 1 is 0.964 bits per heavy atom. The average molecular weight is 871 g/mol. The van der Waals surface area contributed by atoms with Gasteiger partial charge in [-0.3, -0.25) is 29.5 Å². The highest BCUT2D eigenvalue weighted by Gasteiger charge is 2.70. The molecule has 0 unspecified atom stereocenters. The van der Waals surface area contributed by atoms with Crippen molar-refractivity contribution in [2.45, 2.75) is 37.3 Å². The van der Waals surface area contributed by atoms with Crippen LogP contribution in [0.5, 0.6) is 11.5 Å².